The Labute approximate surface area is 126 Å². The molecule has 0 aromatic carbocycles. The van der Waals surface area contributed by atoms with Crippen molar-refractivity contribution < 1.29 is 14.4 Å². The second kappa shape index (κ2) is 13.5. The van der Waals surface area contributed by atoms with Gasteiger partial charge in [-0.25, -0.2) is 0 Å². The summed E-state index contributed by atoms with van der Waals surface area (Å²) in [4.78, 5) is 32.8. The summed E-state index contributed by atoms with van der Waals surface area (Å²) >= 11 is 0. The van der Waals surface area contributed by atoms with Crippen molar-refractivity contribution in [3.05, 3.63) is 0 Å². The highest BCUT2D eigenvalue weighted by Gasteiger charge is 2.07. The zero-order valence-electron chi connectivity index (χ0n) is 12.6. The molecule has 21 heavy (non-hydrogen) atoms. The van der Waals surface area contributed by atoms with Gasteiger partial charge in [-0.2, -0.15) is 0 Å². The van der Waals surface area contributed by atoms with Crippen LogP contribution >= 0.6 is 0 Å². The van der Waals surface area contributed by atoms with Crippen LogP contribution in [0, 0.1) is 0 Å². The number of carbonyl (C=O) groups excluding carboxylic acids is 3. The molecule has 0 aromatic heterocycles. The number of nitrogens with one attached hydrogen (secondary N) is 2. The van der Waals surface area contributed by atoms with Gasteiger partial charge >= 0.3 is 0 Å². The standard InChI is InChI=1S/C14H28N4O3/c15-8-4-10-18-14(21)5-2-1-3-9-17-12(11-19)6-7-13(16)20/h11-12,17H,1-10,15H2,(H2,16,20)(H,18,21). The maximum atomic E-state index is 11.4. The fourth-order valence-electron chi connectivity index (χ4n) is 1.81. The Morgan fingerprint density at radius 3 is 2.43 bits per heavy atom. The Morgan fingerprint density at radius 1 is 1.05 bits per heavy atom. The summed E-state index contributed by atoms with van der Waals surface area (Å²) in [5.41, 5.74) is 10.4. The van der Waals surface area contributed by atoms with E-state index >= 15 is 0 Å². The Morgan fingerprint density at radius 2 is 1.81 bits per heavy atom. The van der Waals surface area contributed by atoms with Crippen LogP contribution in [0.1, 0.15) is 44.9 Å². The smallest absolute Gasteiger partial charge is 0.219 e. The highest BCUT2D eigenvalue weighted by molar-refractivity contribution is 5.75. The Bertz CT molecular complexity index is 311. The molecule has 0 fully saturated rings. The van der Waals surface area contributed by atoms with Crippen LogP contribution < -0.4 is 22.1 Å². The van der Waals surface area contributed by atoms with E-state index < -0.39 is 5.91 Å². The lowest BCUT2D eigenvalue weighted by Crippen LogP contribution is -2.32. The first kappa shape index (κ1) is 19.5. The van der Waals surface area contributed by atoms with Crippen molar-refractivity contribution in [2.75, 3.05) is 19.6 Å². The van der Waals surface area contributed by atoms with Crippen molar-refractivity contribution in [2.45, 2.75) is 51.0 Å². The quantitative estimate of drug-likeness (QED) is 0.252. The third kappa shape index (κ3) is 13.3. The minimum absolute atomic E-state index is 0.0589. The molecule has 0 aliphatic heterocycles. The molecule has 0 saturated heterocycles. The van der Waals surface area contributed by atoms with Crippen molar-refractivity contribution in [2.24, 2.45) is 11.5 Å². The van der Waals surface area contributed by atoms with E-state index in [2.05, 4.69) is 10.6 Å². The highest BCUT2D eigenvalue weighted by atomic mass is 16.2. The summed E-state index contributed by atoms with van der Waals surface area (Å²) in [6.45, 7) is 1.91. The van der Waals surface area contributed by atoms with Crippen molar-refractivity contribution in [1.82, 2.24) is 10.6 Å². The van der Waals surface area contributed by atoms with Crippen LogP contribution in [0.5, 0.6) is 0 Å². The first-order chi connectivity index (χ1) is 10.1. The van der Waals surface area contributed by atoms with E-state index in [1.165, 1.54) is 0 Å². The van der Waals surface area contributed by atoms with Crippen LogP contribution in [-0.4, -0.2) is 43.8 Å². The zero-order valence-corrected chi connectivity index (χ0v) is 12.6. The second-order valence-corrected chi connectivity index (χ2v) is 5.00. The van der Waals surface area contributed by atoms with Crippen molar-refractivity contribution >= 4 is 18.1 Å². The average molecular weight is 300 g/mol. The van der Waals surface area contributed by atoms with Crippen LogP contribution in [0.25, 0.3) is 0 Å². The van der Waals surface area contributed by atoms with Crippen molar-refractivity contribution in [3.8, 4) is 0 Å². The van der Waals surface area contributed by atoms with Gasteiger partial charge in [-0.1, -0.05) is 6.42 Å². The molecule has 0 aliphatic rings. The van der Waals surface area contributed by atoms with Crippen LogP contribution in [0.4, 0.5) is 0 Å². The maximum absolute atomic E-state index is 11.4. The monoisotopic (exact) mass is 300 g/mol. The minimum atomic E-state index is -0.399. The number of nitrogens with two attached hydrogens (primary N) is 2. The SMILES string of the molecule is NCCCNC(=O)CCCCCNC(C=O)CCC(N)=O. The first-order valence-electron chi connectivity index (χ1n) is 7.54. The normalized spacial score (nSPS) is 11.9. The molecule has 0 radical (unpaired) electrons. The fraction of sp³-hybridized carbons (Fsp3) is 0.786. The largest absolute Gasteiger partial charge is 0.370 e. The van der Waals surface area contributed by atoms with Gasteiger partial charge in [0.05, 0.1) is 6.04 Å². The molecular weight excluding hydrogens is 272 g/mol. The summed E-state index contributed by atoms with van der Waals surface area (Å²) in [5.74, 6) is -0.340. The molecule has 1 unspecified atom stereocenters. The van der Waals surface area contributed by atoms with Gasteiger partial charge in [0.15, 0.2) is 0 Å². The molecule has 1 atom stereocenters. The van der Waals surface area contributed by atoms with Gasteiger partial charge in [0.1, 0.15) is 6.29 Å². The summed E-state index contributed by atoms with van der Waals surface area (Å²) in [7, 11) is 0. The van der Waals surface area contributed by atoms with E-state index in [1.54, 1.807) is 0 Å². The van der Waals surface area contributed by atoms with Crippen LogP contribution in [0.3, 0.4) is 0 Å². The molecule has 0 rings (SSSR count). The summed E-state index contributed by atoms with van der Waals surface area (Å²) < 4.78 is 0. The van der Waals surface area contributed by atoms with Crippen LogP contribution in [0.2, 0.25) is 0 Å². The van der Waals surface area contributed by atoms with Crippen LogP contribution in [-0.2, 0) is 14.4 Å². The third-order valence-corrected chi connectivity index (χ3v) is 3.06. The van der Waals surface area contributed by atoms with E-state index in [0.717, 1.165) is 32.0 Å². The first-order valence-corrected chi connectivity index (χ1v) is 7.54. The highest BCUT2D eigenvalue weighted by Crippen LogP contribution is 2.00. The molecule has 2 amide bonds. The van der Waals surface area contributed by atoms with Gasteiger partial charge in [-0.05, 0) is 38.8 Å². The molecule has 0 spiro atoms. The van der Waals surface area contributed by atoms with E-state index in [0.29, 0.717) is 32.5 Å². The molecular formula is C14H28N4O3. The predicted octanol–water partition coefficient (Wildman–Crippen LogP) is -0.566. The number of unbranched alkanes of at least 4 members (excludes halogenated alkanes) is 2. The van der Waals surface area contributed by atoms with Gasteiger partial charge in [-0.3, -0.25) is 9.59 Å². The van der Waals surface area contributed by atoms with Crippen molar-refractivity contribution in [3.63, 3.8) is 0 Å². The molecule has 7 nitrogen and oxygen atoms in total. The van der Waals surface area contributed by atoms with Crippen LogP contribution in [0.15, 0.2) is 0 Å². The number of rotatable bonds is 14. The van der Waals surface area contributed by atoms with E-state index in [9.17, 15) is 14.4 Å². The maximum Gasteiger partial charge on any atom is 0.219 e. The van der Waals surface area contributed by atoms with E-state index in [1.807, 2.05) is 0 Å². The lowest BCUT2D eigenvalue weighted by atomic mass is 10.1. The average Bonchev–Trinajstić information content (AvgIpc) is 2.45. The number of hydrogen-bond acceptors (Lipinski definition) is 5. The summed E-state index contributed by atoms with van der Waals surface area (Å²) in [6, 6.07) is -0.322. The molecule has 0 aliphatic carbocycles. The lowest BCUT2D eigenvalue weighted by molar-refractivity contribution is -0.121. The topological polar surface area (TPSA) is 127 Å². The van der Waals surface area contributed by atoms with Gasteiger partial charge in [0.25, 0.3) is 0 Å². The van der Waals surface area contributed by atoms with Gasteiger partial charge in [0, 0.05) is 19.4 Å². The molecule has 7 heteroatoms. The Balaban J connectivity index is 3.47. The van der Waals surface area contributed by atoms with Crippen molar-refractivity contribution in [1.29, 1.82) is 0 Å². The number of amides is 2. The molecule has 6 N–H and O–H groups in total. The number of carbonyl (C=O) groups is 3. The third-order valence-electron chi connectivity index (χ3n) is 3.06. The zero-order chi connectivity index (χ0) is 15.9. The molecule has 122 valence electrons. The number of hydrogen-bond donors (Lipinski definition) is 4. The van der Waals surface area contributed by atoms with Gasteiger partial charge in [-0.15, -0.1) is 0 Å². The fourth-order valence-corrected chi connectivity index (χ4v) is 1.81. The minimum Gasteiger partial charge on any atom is -0.370 e. The van der Waals surface area contributed by atoms with Gasteiger partial charge < -0.3 is 26.9 Å². The summed E-state index contributed by atoms with van der Waals surface area (Å²) in [6.07, 6.45) is 5.38. The van der Waals surface area contributed by atoms with Gasteiger partial charge in [0.2, 0.25) is 11.8 Å². The lowest BCUT2D eigenvalue weighted by Gasteiger charge is -2.11. The van der Waals surface area contributed by atoms with E-state index in [4.69, 9.17) is 11.5 Å². The Kier molecular flexibility index (Phi) is 12.6. The predicted molar refractivity (Wildman–Crippen MR) is 81.4 cm³/mol. The summed E-state index contributed by atoms with van der Waals surface area (Å²) in [5, 5.41) is 5.87. The number of aldehydes is 1. The Hall–Kier alpha value is -1.47. The molecule has 0 bridgehead atoms. The molecule has 0 saturated carbocycles. The number of primary amides is 1. The second-order valence-electron chi connectivity index (χ2n) is 5.00. The molecule has 0 aromatic rings. The molecule has 0 heterocycles. The van der Waals surface area contributed by atoms with E-state index in [-0.39, 0.29) is 18.4 Å².